The van der Waals surface area contributed by atoms with Crippen LogP contribution in [-0.2, 0) is 9.53 Å². The van der Waals surface area contributed by atoms with Crippen LogP contribution in [-0.4, -0.2) is 19.6 Å². The van der Waals surface area contributed by atoms with Gasteiger partial charge in [0.05, 0.1) is 5.92 Å². The van der Waals surface area contributed by atoms with Crippen LogP contribution in [0.3, 0.4) is 0 Å². The Hall–Kier alpha value is -1.65. The minimum atomic E-state index is -0.105. The zero-order chi connectivity index (χ0) is 15.1. The van der Waals surface area contributed by atoms with E-state index in [9.17, 15) is 4.79 Å². The summed E-state index contributed by atoms with van der Waals surface area (Å²) in [6.45, 7) is 2.53. The first kappa shape index (κ1) is 15.7. The third-order valence-electron chi connectivity index (χ3n) is 3.59. The maximum Gasteiger partial charge on any atom is 0.227 e. The number of benzene rings is 1. The van der Waals surface area contributed by atoms with Crippen molar-refractivity contribution < 1.29 is 9.53 Å². The second-order valence-electron chi connectivity index (χ2n) is 4.90. The molecule has 1 heterocycles. The van der Waals surface area contributed by atoms with Gasteiger partial charge in [-0.05, 0) is 34.4 Å². The maximum atomic E-state index is 12.4. The van der Waals surface area contributed by atoms with Gasteiger partial charge in [-0.1, -0.05) is 37.3 Å². The van der Waals surface area contributed by atoms with E-state index < -0.39 is 0 Å². The summed E-state index contributed by atoms with van der Waals surface area (Å²) >= 11 is 1.63. The van der Waals surface area contributed by atoms with E-state index >= 15 is 0 Å². The van der Waals surface area contributed by atoms with Gasteiger partial charge in [0.15, 0.2) is 0 Å². The normalized spacial score (nSPS) is 13.6. The average Bonchev–Trinajstić information content (AvgIpc) is 3.04. The van der Waals surface area contributed by atoms with Gasteiger partial charge in [0.1, 0.15) is 6.10 Å². The zero-order valence-electron chi connectivity index (χ0n) is 12.4. The SMILES string of the molecule is CC[C@H](C(=O)NC[C@H](OC)c1ccsc1)c1ccccc1. The Morgan fingerprint density at radius 3 is 2.57 bits per heavy atom. The van der Waals surface area contributed by atoms with Crippen molar-refractivity contribution >= 4 is 17.2 Å². The van der Waals surface area contributed by atoms with Gasteiger partial charge >= 0.3 is 0 Å². The van der Waals surface area contributed by atoms with E-state index in [2.05, 4.69) is 10.7 Å². The first-order valence-corrected chi connectivity index (χ1v) is 8.08. The van der Waals surface area contributed by atoms with Crippen molar-refractivity contribution in [2.75, 3.05) is 13.7 Å². The summed E-state index contributed by atoms with van der Waals surface area (Å²) in [5.74, 6) is -0.0489. The maximum absolute atomic E-state index is 12.4. The molecule has 21 heavy (non-hydrogen) atoms. The van der Waals surface area contributed by atoms with Gasteiger partial charge in [-0.15, -0.1) is 0 Å². The minimum absolute atomic E-state index is 0.0565. The molecule has 1 amide bonds. The molecule has 2 atom stereocenters. The monoisotopic (exact) mass is 303 g/mol. The molecule has 1 N–H and O–H groups in total. The van der Waals surface area contributed by atoms with Crippen molar-refractivity contribution in [2.24, 2.45) is 0 Å². The van der Waals surface area contributed by atoms with Crippen LogP contribution in [0.15, 0.2) is 47.2 Å². The van der Waals surface area contributed by atoms with E-state index in [0.717, 1.165) is 17.5 Å². The van der Waals surface area contributed by atoms with Crippen molar-refractivity contribution in [2.45, 2.75) is 25.4 Å². The molecule has 112 valence electrons. The summed E-state index contributed by atoms with van der Waals surface area (Å²) in [4.78, 5) is 12.4. The molecule has 0 spiro atoms. The Kier molecular flexibility index (Phi) is 5.96. The van der Waals surface area contributed by atoms with Gasteiger partial charge in [-0.25, -0.2) is 0 Å². The quantitative estimate of drug-likeness (QED) is 0.846. The second kappa shape index (κ2) is 7.96. The number of methoxy groups -OCH3 is 1. The van der Waals surface area contributed by atoms with E-state index in [-0.39, 0.29) is 17.9 Å². The highest BCUT2D eigenvalue weighted by atomic mass is 32.1. The Morgan fingerprint density at radius 1 is 1.24 bits per heavy atom. The van der Waals surface area contributed by atoms with Crippen LogP contribution < -0.4 is 5.32 Å². The third-order valence-corrected chi connectivity index (χ3v) is 4.29. The molecule has 2 aromatic rings. The van der Waals surface area contributed by atoms with Crippen LogP contribution in [0.25, 0.3) is 0 Å². The van der Waals surface area contributed by atoms with Gasteiger partial charge in [-0.2, -0.15) is 11.3 Å². The van der Waals surface area contributed by atoms with Crippen LogP contribution in [0.1, 0.15) is 36.5 Å². The Labute approximate surface area is 130 Å². The lowest BCUT2D eigenvalue weighted by Gasteiger charge is -2.19. The molecular weight excluding hydrogens is 282 g/mol. The smallest absolute Gasteiger partial charge is 0.227 e. The number of carbonyl (C=O) groups is 1. The topological polar surface area (TPSA) is 38.3 Å². The van der Waals surface area contributed by atoms with Gasteiger partial charge in [-0.3, -0.25) is 4.79 Å². The summed E-state index contributed by atoms with van der Waals surface area (Å²) in [5, 5.41) is 7.08. The predicted molar refractivity (Wildman–Crippen MR) is 86.6 cm³/mol. The molecule has 4 heteroatoms. The van der Waals surface area contributed by atoms with Crippen LogP contribution in [0.5, 0.6) is 0 Å². The summed E-state index contributed by atoms with van der Waals surface area (Å²) in [6.07, 6.45) is 0.694. The average molecular weight is 303 g/mol. The first-order chi connectivity index (χ1) is 10.3. The molecule has 3 nitrogen and oxygen atoms in total. The summed E-state index contributed by atoms with van der Waals surface area (Å²) in [6, 6.07) is 11.9. The van der Waals surface area contributed by atoms with E-state index in [0.29, 0.717) is 6.54 Å². The number of thiophene rings is 1. The van der Waals surface area contributed by atoms with Gasteiger partial charge in [0, 0.05) is 13.7 Å². The lowest BCUT2D eigenvalue weighted by atomic mass is 9.95. The Bertz CT molecular complexity index is 539. The molecule has 0 unspecified atom stereocenters. The Morgan fingerprint density at radius 2 is 2.00 bits per heavy atom. The molecule has 0 aliphatic carbocycles. The number of carbonyl (C=O) groups excluding carboxylic acids is 1. The highest BCUT2D eigenvalue weighted by molar-refractivity contribution is 7.07. The van der Waals surface area contributed by atoms with Crippen molar-refractivity contribution in [3.8, 4) is 0 Å². The van der Waals surface area contributed by atoms with Gasteiger partial charge in [0.2, 0.25) is 5.91 Å². The summed E-state index contributed by atoms with van der Waals surface area (Å²) < 4.78 is 5.46. The largest absolute Gasteiger partial charge is 0.375 e. The summed E-state index contributed by atoms with van der Waals surface area (Å²) in [7, 11) is 1.67. The number of hydrogen-bond acceptors (Lipinski definition) is 3. The Balaban J connectivity index is 1.97. The van der Waals surface area contributed by atoms with E-state index in [4.69, 9.17) is 4.74 Å². The second-order valence-corrected chi connectivity index (χ2v) is 5.68. The fourth-order valence-electron chi connectivity index (χ4n) is 2.37. The molecule has 0 bridgehead atoms. The molecule has 0 aliphatic heterocycles. The van der Waals surface area contributed by atoms with Crippen LogP contribution in [0.2, 0.25) is 0 Å². The van der Waals surface area contributed by atoms with Crippen LogP contribution >= 0.6 is 11.3 Å². The van der Waals surface area contributed by atoms with Crippen molar-refractivity contribution in [1.29, 1.82) is 0 Å². The molecule has 0 radical (unpaired) electrons. The molecular formula is C17H21NO2S. The zero-order valence-corrected chi connectivity index (χ0v) is 13.2. The van der Waals surface area contributed by atoms with Crippen LogP contribution in [0, 0.1) is 0 Å². The molecule has 0 fully saturated rings. The minimum Gasteiger partial charge on any atom is -0.375 e. The van der Waals surface area contributed by atoms with E-state index in [1.54, 1.807) is 18.4 Å². The van der Waals surface area contributed by atoms with Crippen molar-refractivity contribution in [1.82, 2.24) is 5.32 Å². The molecule has 1 aromatic heterocycles. The molecule has 0 saturated heterocycles. The molecule has 2 rings (SSSR count). The third kappa shape index (κ3) is 4.16. The highest BCUT2D eigenvalue weighted by Crippen LogP contribution is 2.21. The highest BCUT2D eigenvalue weighted by Gasteiger charge is 2.20. The number of amides is 1. The fraction of sp³-hybridized carbons (Fsp3) is 0.353. The lowest BCUT2D eigenvalue weighted by molar-refractivity contribution is -0.123. The first-order valence-electron chi connectivity index (χ1n) is 7.13. The van der Waals surface area contributed by atoms with Gasteiger partial charge < -0.3 is 10.1 Å². The predicted octanol–water partition coefficient (Wildman–Crippen LogP) is 3.75. The van der Waals surface area contributed by atoms with Crippen LogP contribution in [0.4, 0.5) is 0 Å². The number of nitrogens with one attached hydrogen (secondary N) is 1. The lowest BCUT2D eigenvalue weighted by Crippen LogP contribution is -2.33. The van der Waals surface area contributed by atoms with Crippen molar-refractivity contribution in [3.63, 3.8) is 0 Å². The fourth-order valence-corrected chi connectivity index (χ4v) is 3.07. The molecule has 1 aromatic carbocycles. The van der Waals surface area contributed by atoms with Crippen molar-refractivity contribution in [3.05, 3.63) is 58.3 Å². The molecule has 0 aliphatic rings. The van der Waals surface area contributed by atoms with E-state index in [1.165, 1.54) is 0 Å². The van der Waals surface area contributed by atoms with E-state index in [1.807, 2.05) is 48.7 Å². The standard InChI is InChI=1S/C17H21NO2S/c1-3-15(13-7-5-4-6-8-13)17(19)18-11-16(20-2)14-9-10-21-12-14/h4-10,12,15-16H,3,11H2,1-2H3,(H,18,19)/t15-,16-/m0/s1. The number of hydrogen-bond donors (Lipinski definition) is 1. The number of ether oxygens (including phenoxy) is 1. The molecule has 0 saturated carbocycles. The van der Waals surface area contributed by atoms with Gasteiger partial charge in [0.25, 0.3) is 0 Å². The summed E-state index contributed by atoms with van der Waals surface area (Å²) in [5.41, 5.74) is 2.16. The number of rotatable bonds is 7.